The Morgan fingerprint density at radius 2 is 1.76 bits per heavy atom. The monoisotopic (exact) mass is 256 g/mol. The summed E-state index contributed by atoms with van der Waals surface area (Å²) in [5.41, 5.74) is 1.04. The van der Waals surface area contributed by atoms with Crippen LogP contribution in [0.15, 0.2) is 29.2 Å². The quantitative estimate of drug-likeness (QED) is 0.850. The van der Waals surface area contributed by atoms with Crippen molar-refractivity contribution in [1.29, 1.82) is 0 Å². The third kappa shape index (κ3) is 3.54. The van der Waals surface area contributed by atoms with Crippen LogP contribution in [0.3, 0.4) is 0 Å². The molecule has 0 aliphatic carbocycles. The number of sulfone groups is 1. The van der Waals surface area contributed by atoms with Crippen molar-refractivity contribution >= 4 is 9.84 Å². The largest absolute Gasteiger partial charge is 0.396 e. The lowest BCUT2D eigenvalue weighted by Crippen LogP contribution is -2.22. The third-order valence-electron chi connectivity index (χ3n) is 2.85. The first kappa shape index (κ1) is 14.2. The van der Waals surface area contributed by atoms with Gasteiger partial charge in [-0.05, 0) is 31.9 Å². The Bertz CT molecular complexity index is 428. The van der Waals surface area contributed by atoms with Crippen LogP contribution < -0.4 is 0 Å². The van der Waals surface area contributed by atoms with Gasteiger partial charge in [0, 0.05) is 6.61 Å². The van der Waals surface area contributed by atoms with E-state index in [2.05, 4.69) is 0 Å². The fourth-order valence-electron chi connectivity index (χ4n) is 1.84. The van der Waals surface area contributed by atoms with E-state index in [1.807, 2.05) is 13.8 Å². The van der Waals surface area contributed by atoms with E-state index in [9.17, 15) is 8.42 Å². The lowest BCUT2D eigenvalue weighted by atomic mass is 10.2. The van der Waals surface area contributed by atoms with Crippen LogP contribution in [0.25, 0.3) is 0 Å². The van der Waals surface area contributed by atoms with Gasteiger partial charge in [0.15, 0.2) is 9.84 Å². The van der Waals surface area contributed by atoms with Gasteiger partial charge in [0.25, 0.3) is 0 Å². The fourth-order valence-corrected chi connectivity index (χ4v) is 3.70. The van der Waals surface area contributed by atoms with E-state index in [0.717, 1.165) is 12.0 Å². The van der Waals surface area contributed by atoms with Gasteiger partial charge in [-0.25, -0.2) is 8.42 Å². The number of aliphatic hydroxyl groups is 1. The lowest BCUT2D eigenvalue weighted by Gasteiger charge is -2.16. The van der Waals surface area contributed by atoms with Crippen LogP contribution in [0, 0.1) is 6.92 Å². The Hall–Kier alpha value is -0.870. The van der Waals surface area contributed by atoms with E-state index < -0.39 is 15.1 Å². The van der Waals surface area contributed by atoms with Gasteiger partial charge < -0.3 is 5.11 Å². The number of hydrogen-bond acceptors (Lipinski definition) is 3. The summed E-state index contributed by atoms with van der Waals surface area (Å²) >= 11 is 0. The Balaban J connectivity index is 3.02. The molecule has 0 saturated carbocycles. The van der Waals surface area contributed by atoms with Gasteiger partial charge in [0.1, 0.15) is 0 Å². The summed E-state index contributed by atoms with van der Waals surface area (Å²) in [4.78, 5) is 0.356. The number of benzene rings is 1. The Kier molecular flexibility index (Phi) is 5.15. The smallest absolute Gasteiger partial charge is 0.181 e. The van der Waals surface area contributed by atoms with Crippen LogP contribution in [0.4, 0.5) is 0 Å². The van der Waals surface area contributed by atoms with Crippen molar-refractivity contribution in [1.82, 2.24) is 0 Å². The molecule has 1 aromatic carbocycles. The maximum atomic E-state index is 12.3. The van der Waals surface area contributed by atoms with E-state index in [1.54, 1.807) is 24.3 Å². The molecule has 17 heavy (non-hydrogen) atoms. The highest BCUT2D eigenvalue weighted by molar-refractivity contribution is 7.92. The lowest BCUT2D eigenvalue weighted by molar-refractivity contribution is 0.283. The molecule has 1 rings (SSSR count). The molecule has 1 atom stereocenters. The van der Waals surface area contributed by atoms with E-state index in [1.165, 1.54) is 0 Å². The second kappa shape index (κ2) is 6.17. The van der Waals surface area contributed by atoms with Gasteiger partial charge in [0.2, 0.25) is 0 Å². The number of aryl methyl sites for hydroxylation is 1. The highest BCUT2D eigenvalue weighted by atomic mass is 32.2. The van der Waals surface area contributed by atoms with Crippen molar-refractivity contribution in [3.63, 3.8) is 0 Å². The maximum absolute atomic E-state index is 12.3. The predicted octanol–water partition coefficient (Wildman–Crippen LogP) is 2.32. The van der Waals surface area contributed by atoms with Crippen LogP contribution in [0.2, 0.25) is 0 Å². The zero-order valence-electron chi connectivity index (χ0n) is 10.4. The maximum Gasteiger partial charge on any atom is 0.181 e. The number of aliphatic hydroxyl groups excluding tert-OH is 1. The van der Waals surface area contributed by atoms with Gasteiger partial charge in [0.05, 0.1) is 10.1 Å². The number of rotatable bonds is 6. The molecule has 0 spiro atoms. The molecule has 0 radical (unpaired) electrons. The normalized spacial score (nSPS) is 13.6. The average molecular weight is 256 g/mol. The second-order valence-corrected chi connectivity index (χ2v) is 6.51. The molecule has 1 aromatic rings. The molecule has 96 valence electrons. The van der Waals surface area contributed by atoms with Crippen molar-refractivity contribution < 1.29 is 13.5 Å². The molecule has 1 unspecified atom stereocenters. The van der Waals surface area contributed by atoms with E-state index in [4.69, 9.17) is 5.11 Å². The Morgan fingerprint density at radius 3 is 2.24 bits per heavy atom. The minimum atomic E-state index is -3.30. The van der Waals surface area contributed by atoms with Gasteiger partial charge >= 0.3 is 0 Å². The molecule has 0 fully saturated rings. The molecule has 0 amide bonds. The van der Waals surface area contributed by atoms with Crippen LogP contribution in [-0.2, 0) is 9.84 Å². The molecular formula is C13H20O3S. The average Bonchev–Trinajstić information content (AvgIpc) is 2.29. The highest BCUT2D eigenvalue weighted by Gasteiger charge is 2.25. The third-order valence-corrected chi connectivity index (χ3v) is 5.13. The van der Waals surface area contributed by atoms with Gasteiger partial charge in [-0.15, -0.1) is 0 Å². The standard InChI is InChI=1S/C13H20O3S/c1-3-4-12(9-10-14)17(15,16)13-7-5-11(2)6-8-13/h5-8,12,14H,3-4,9-10H2,1-2H3. The summed E-state index contributed by atoms with van der Waals surface area (Å²) in [6, 6.07) is 6.89. The summed E-state index contributed by atoms with van der Waals surface area (Å²) in [6.45, 7) is 3.79. The van der Waals surface area contributed by atoms with Gasteiger partial charge in [-0.3, -0.25) is 0 Å². The SMILES string of the molecule is CCCC(CCO)S(=O)(=O)c1ccc(C)cc1. The van der Waals surface area contributed by atoms with Crippen molar-refractivity contribution in [3.8, 4) is 0 Å². The van der Waals surface area contributed by atoms with Crippen LogP contribution in [0.5, 0.6) is 0 Å². The van der Waals surface area contributed by atoms with Crippen molar-refractivity contribution in [2.75, 3.05) is 6.61 Å². The fraction of sp³-hybridized carbons (Fsp3) is 0.538. The molecule has 0 bridgehead atoms. The van der Waals surface area contributed by atoms with E-state index in [-0.39, 0.29) is 6.61 Å². The molecule has 1 N–H and O–H groups in total. The first-order chi connectivity index (χ1) is 8.02. The zero-order chi connectivity index (χ0) is 12.9. The van der Waals surface area contributed by atoms with Gasteiger partial charge in [-0.2, -0.15) is 0 Å². The first-order valence-corrected chi connectivity index (χ1v) is 7.48. The second-order valence-electron chi connectivity index (χ2n) is 4.28. The van der Waals surface area contributed by atoms with Crippen molar-refractivity contribution in [2.24, 2.45) is 0 Å². The molecule has 0 heterocycles. The van der Waals surface area contributed by atoms with Crippen molar-refractivity contribution in [2.45, 2.75) is 43.3 Å². The van der Waals surface area contributed by atoms with Crippen LogP contribution in [-0.4, -0.2) is 25.4 Å². The van der Waals surface area contributed by atoms with E-state index >= 15 is 0 Å². The Morgan fingerprint density at radius 1 is 1.18 bits per heavy atom. The molecule has 0 aliphatic heterocycles. The summed E-state index contributed by atoms with van der Waals surface area (Å²) in [6.07, 6.45) is 1.70. The summed E-state index contributed by atoms with van der Waals surface area (Å²) in [7, 11) is -3.30. The number of hydrogen-bond donors (Lipinski definition) is 1. The summed E-state index contributed by atoms with van der Waals surface area (Å²) in [5, 5.41) is 8.48. The molecule has 0 aromatic heterocycles. The topological polar surface area (TPSA) is 54.4 Å². The molecule has 4 heteroatoms. The molecule has 0 aliphatic rings. The van der Waals surface area contributed by atoms with Crippen molar-refractivity contribution in [3.05, 3.63) is 29.8 Å². The summed E-state index contributed by atoms with van der Waals surface area (Å²) < 4.78 is 24.6. The Labute approximate surface area is 103 Å². The summed E-state index contributed by atoms with van der Waals surface area (Å²) in [5.74, 6) is 0. The minimum Gasteiger partial charge on any atom is -0.396 e. The zero-order valence-corrected chi connectivity index (χ0v) is 11.2. The van der Waals surface area contributed by atoms with Gasteiger partial charge in [-0.1, -0.05) is 31.0 Å². The first-order valence-electron chi connectivity index (χ1n) is 5.93. The molecule has 3 nitrogen and oxygen atoms in total. The predicted molar refractivity (Wildman–Crippen MR) is 68.8 cm³/mol. The van der Waals surface area contributed by atoms with E-state index in [0.29, 0.717) is 17.7 Å². The van der Waals surface area contributed by atoms with Crippen LogP contribution in [0.1, 0.15) is 31.7 Å². The highest BCUT2D eigenvalue weighted by Crippen LogP contribution is 2.22. The minimum absolute atomic E-state index is 0.0875. The molecule has 0 saturated heterocycles. The molecular weight excluding hydrogens is 236 g/mol. The van der Waals surface area contributed by atoms with Crippen LogP contribution >= 0.6 is 0 Å².